The number of carboxylic acid groups (broad SMARTS) is 1. The van der Waals surface area contributed by atoms with Crippen LogP contribution in [0.25, 0.3) is 0 Å². The van der Waals surface area contributed by atoms with E-state index >= 15 is 0 Å². The molecular formula is C25H26O6. The van der Waals surface area contributed by atoms with Gasteiger partial charge in [-0.3, -0.25) is 0 Å². The Morgan fingerprint density at radius 1 is 0.774 bits per heavy atom. The molecule has 0 aromatic heterocycles. The minimum absolute atomic E-state index is 0.316. The highest BCUT2D eigenvalue weighted by Gasteiger charge is 2.17. The molecule has 162 valence electrons. The Hall–Kier alpha value is -3.51. The van der Waals surface area contributed by atoms with E-state index in [-0.39, 0.29) is 0 Å². The molecule has 0 amide bonds. The predicted molar refractivity (Wildman–Crippen MR) is 117 cm³/mol. The van der Waals surface area contributed by atoms with Crippen LogP contribution in [-0.2, 0) is 16.0 Å². The molecule has 0 heterocycles. The summed E-state index contributed by atoms with van der Waals surface area (Å²) in [6.45, 7) is 2.92. The Morgan fingerprint density at radius 2 is 1.29 bits per heavy atom. The molecule has 31 heavy (non-hydrogen) atoms. The predicted octanol–water partition coefficient (Wildman–Crippen LogP) is 4.97. The monoisotopic (exact) mass is 422 g/mol. The maximum absolute atomic E-state index is 11.2. The quantitative estimate of drug-likeness (QED) is 0.416. The minimum Gasteiger partial charge on any atom is -0.490 e. The summed E-state index contributed by atoms with van der Waals surface area (Å²) in [4.78, 5) is 11.2. The molecule has 0 unspecified atom stereocenters. The van der Waals surface area contributed by atoms with Gasteiger partial charge in [0.15, 0.2) is 6.10 Å². The summed E-state index contributed by atoms with van der Waals surface area (Å²) >= 11 is 0. The molecule has 0 aliphatic carbocycles. The van der Waals surface area contributed by atoms with Crippen molar-refractivity contribution < 1.29 is 28.8 Å². The summed E-state index contributed by atoms with van der Waals surface area (Å²) in [5.74, 6) is 1.99. The molecule has 3 aromatic rings. The largest absolute Gasteiger partial charge is 0.490 e. The summed E-state index contributed by atoms with van der Waals surface area (Å²) in [6, 6.07) is 24.3. The molecular weight excluding hydrogens is 396 g/mol. The van der Waals surface area contributed by atoms with Gasteiger partial charge in [-0.15, -0.1) is 0 Å². The second kappa shape index (κ2) is 11.6. The molecule has 1 N–H and O–H groups in total. The minimum atomic E-state index is -0.959. The van der Waals surface area contributed by atoms with Crippen molar-refractivity contribution in [1.29, 1.82) is 0 Å². The highest BCUT2D eigenvalue weighted by Crippen LogP contribution is 2.23. The van der Waals surface area contributed by atoms with Crippen LogP contribution >= 0.6 is 0 Å². The summed E-state index contributed by atoms with van der Waals surface area (Å²) in [5.41, 5.74) is 0.877. The number of rotatable bonds is 12. The zero-order valence-corrected chi connectivity index (χ0v) is 17.4. The molecule has 3 aromatic carbocycles. The van der Waals surface area contributed by atoms with E-state index in [4.69, 9.17) is 24.1 Å². The van der Waals surface area contributed by atoms with Crippen LogP contribution in [0.4, 0.5) is 0 Å². The van der Waals surface area contributed by atoms with Crippen molar-refractivity contribution >= 4 is 5.97 Å². The van der Waals surface area contributed by atoms with E-state index in [9.17, 15) is 4.79 Å². The SMILES string of the molecule is CCO[C@H](Cc1ccc(OCCOc2ccc(Oc3ccccc3)cc2)cc1)C(=O)O. The molecule has 6 heteroatoms. The van der Waals surface area contributed by atoms with Crippen LogP contribution in [0.1, 0.15) is 12.5 Å². The second-order valence-corrected chi connectivity index (χ2v) is 6.71. The maximum atomic E-state index is 11.2. The smallest absolute Gasteiger partial charge is 0.333 e. The molecule has 0 aliphatic heterocycles. The average Bonchev–Trinajstić information content (AvgIpc) is 2.79. The van der Waals surface area contributed by atoms with Gasteiger partial charge in [-0.2, -0.15) is 0 Å². The van der Waals surface area contributed by atoms with Crippen molar-refractivity contribution in [3.05, 3.63) is 84.4 Å². The zero-order valence-electron chi connectivity index (χ0n) is 17.4. The van der Waals surface area contributed by atoms with E-state index < -0.39 is 12.1 Å². The number of carbonyl (C=O) groups is 1. The van der Waals surface area contributed by atoms with Gasteiger partial charge in [0.2, 0.25) is 0 Å². The van der Waals surface area contributed by atoms with Gasteiger partial charge in [0, 0.05) is 13.0 Å². The van der Waals surface area contributed by atoms with Gasteiger partial charge in [0.1, 0.15) is 36.2 Å². The number of aliphatic carboxylic acids is 1. The number of ether oxygens (including phenoxy) is 4. The molecule has 0 saturated carbocycles. The number of hydrogen-bond acceptors (Lipinski definition) is 5. The summed E-state index contributed by atoms with van der Waals surface area (Å²) in [6.07, 6.45) is -0.522. The van der Waals surface area contributed by atoms with Gasteiger partial charge in [0.05, 0.1) is 0 Å². The molecule has 3 rings (SSSR count). The zero-order chi connectivity index (χ0) is 21.9. The third kappa shape index (κ3) is 7.35. The molecule has 0 aliphatic rings. The van der Waals surface area contributed by atoms with Crippen molar-refractivity contribution in [2.24, 2.45) is 0 Å². The Bertz CT molecular complexity index is 922. The highest BCUT2D eigenvalue weighted by atomic mass is 16.5. The second-order valence-electron chi connectivity index (χ2n) is 6.71. The van der Waals surface area contributed by atoms with Crippen LogP contribution in [0, 0.1) is 0 Å². The summed E-state index contributed by atoms with van der Waals surface area (Å²) < 4.78 is 22.4. The fourth-order valence-corrected chi connectivity index (χ4v) is 2.90. The first-order chi connectivity index (χ1) is 15.1. The van der Waals surface area contributed by atoms with Crippen LogP contribution in [0.2, 0.25) is 0 Å². The molecule has 0 radical (unpaired) electrons. The van der Waals surface area contributed by atoms with E-state index in [0.717, 1.165) is 22.8 Å². The fourth-order valence-electron chi connectivity index (χ4n) is 2.90. The highest BCUT2D eigenvalue weighted by molar-refractivity contribution is 5.72. The molecule has 6 nitrogen and oxygen atoms in total. The van der Waals surface area contributed by atoms with Crippen molar-refractivity contribution in [2.45, 2.75) is 19.4 Å². The lowest BCUT2D eigenvalue weighted by Crippen LogP contribution is -2.26. The first kappa shape index (κ1) is 22.2. The summed E-state index contributed by atoms with van der Waals surface area (Å²) in [7, 11) is 0. The Labute approximate surface area is 182 Å². The molecule has 1 atom stereocenters. The van der Waals surface area contributed by atoms with Crippen molar-refractivity contribution in [3.63, 3.8) is 0 Å². The lowest BCUT2D eigenvalue weighted by atomic mass is 10.1. The Balaban J connectivity index is 1.40. The first-order valence-corrected chi connectivity index (χ1v) is 10.2. The van der Waals surface area contributed by atoms with Gasteiger partial charge in [-0.25, -0.2) is 4.79 Å². The standard InChI is InChI=1S/C25H26O6/c1-2-28-24(25(26)27)18-19-8-10-20(11-9-19)29-16-17-30-21-12-14-23(15-13-21)31-22-6-4-3-5-7-22/h3-15,24H,2,16-18H2,1H3,(H,26,27)/t24-/m1/s1. The van der Waals surface area contributed by atoms with Crippen LogP contribution in [0.5, 0.6) is 23.0 Å². The molecule has 0 fully saturated rings. The molecule has 0 spiro atoms. The van der Waals surface area contributed by atoms with Gasteiger partial charge in [0.25, 0.3) is 0 Å². The van der Waals surface area contributed by atoms with Crippen LogP contribution in [-0.4, -0.2) is 37.0 Å². The van der Waals surface area contributed by atoms with E-state index in [1.807, 2.05) is 78.9 Å². The third-order valence-electron chi connectivity index (χ3n) is 4.41. The number of para-hydroxylation sites is 1. The van der Waals surface area contributed by atoms with Crippen LogP contribution in [0.3, 0.4) is 0 Å². The molecule has 0 bridgehead atoms. The topological polar surface area (TPSA) is 74.2 Å². The maximum Gasteiger partial charge on any atom is 0.333 e. The van der Waals surface area contributed by atoms with E-state index in [0.29, 0.717) is 32.0 Å². The van der Waals surface area contributed by atoms with Crippen LogP contribution in [0.15, 0.2) is 78.9 Å². The first-order valence-electron chi connectivity index (χ1n) is 10.2. The third-order valence-corrected chi connectivity index (χ3v) is 4.41. The van der Waals surface area contributed by atoms with E-state index in [1.165, 1.54) is 0 Å². The van der Waals surface area contributed by atoms with Gasteiger partial charge in [-0.05, 0) is 61.0 Å². The van der Waals surface area contributed by atoms with Gasteiger partial charge in [-0.1, -0.05) is 30.3 Å². The van der Waals surface area contributed by atoms with Crippen molar-refractivity contribution in [1.82, 2.24) is 0 Å². The Morgan fingerprint density at radius 3 is 1.84 bits per heavy atom. The number of benzene rings is 3. The van der Waals surface area contributed by atoms with E-state index in [1.54, 1.807) is 6.92 Å². The van der Waals surface area contributed by atoms with Gasteiger partial charge < -0.3 is 24.1 Å². The fraction of sp³-hybridized carbons (Fsp3) is 0.240. The number of hydrogen-bond donors (Lipinski definition) is 1. The number of carboxylic acids is 1. The average molecular weight is 422 g/mol. The van der Waals surface area contributed by atoms with Gasteiger partial charge >= 0.3 is 5.97 Å². The lowest BCUT2D eigenvalue weighted by molar-refractivity contribution is -0.149. The van der Waals surface area contributed by atoms with Crippen molar-refractivity contribution in [3.8, 4) is 23.0 Å². The molecule has 0 saturated heterocycles. The lowest BCUT2D eigenvalue weighted by Gasteiger charge is -2.13. The van der Waals surface area contributed by atoms with Crippen molar-refractivity contribution in [2.75, 3.05) is 19.8 Å². The van der Waals surface area contributed by atoms with Crippen LogP contribution < -0.4 is 14.2 Å². The summed E-state index contributed by atoms with van der Waals surface area (Å²) in [5, 5.41) is 9.17. The Kier molecular flexibility index (Phi) is 8.31. The van der Waals surface area contributed by atoms with E-state index in [2.05, 4.69) is 0 Å². The normalized spacial score (nSPS) is 11.5.